The first-order valence-electron chi connectivity index (χ1n) is 7.53. The molecular weight excluding hydrogens is 288 g/mol. The van der Waals surface area contributed by atoms with Crippen LogP contribution in [0.1, 0.15) is 40.0 Å². The van der Waals surface area contributed by atoms with Gasteiger partial charge in [0.15, 0.2) is 5.60 Å². The molecule has 0 aromatic heterocycles. The van der Waals surface area contributed by atoms with Crippen molar-refractivity contribution in [3.63, 3.8) is 0 Å². The maximum atomic E-state index is 12.9. The minimum atomic E-state index is -0.797. The summed E-state index contributed by atoms with van der Waals surface area (Å²) in [5.41, 5.74) is 5.98. The van der Waals surface area contributed by atoms with Crippen LogP contribution < -0.4 is 15.4 Å². The molecule has 1 unspecified atom stereocenters. The van der Waals surface area contributed by atoms with Crippen LogP contribution in [-0.4, -0.2) is 24.1 Å². The van der Waals surface area contributed by atoms with Crippen molar-refractivity contribution in [2.45, 2.75) is 51.7 Å². The Morgan fingerprint density at radius 3 is 2.57 bits per heavy atom. The summed E-state index contributed by atoms with van der Waals surface area (Å²) < 4.78 is 6.04. The van der Waals surface area contributed by atoms with Gasteiger partial charge in [0.25, 0.3) is 5.91 Å². The smallest absolute Gasteiger partial charge is 0.271 e. The van der Waals surface area contributed by atoms with Crippen molar-refractivity contribution in [1.29, 1.82) is 0 Å². The monoisotopic (exact) mass is 310 g/mol. The Bertz CT molecular complexity index is 529. The second kappa shape index (κ2) is 6.24. The molecule has 1 atom stereocenters. The number of hydrogen-bond acceptors (Lipinski definition) is 3. The second-order valence-electron chi connectivity index (χ2n) is 5.50. The van der Waals surface area contributed by atoms with Crippen molar-refractivity contribution < 1.29 is 9.53 Å². The number of anilines is 1. The third-order valence-electron chi connectivity index (χ3n) is 4.24. The molecule has 1 amide bonds. The van der Waals surface area contributed by atoms with Gasteiger partial charge in [0.05, 0.1) is 5.69 Å². The highest BCUT2D eigenvalue weighted by atomic mass is 35.5. The lowest BCUT2D eigenvalue weighted by molar-refractivity contribution is -0.136. The molecule has 0 fully saturated rings. The van der Waals surface area contributed by atoms with Crippen LogP contribution in [-0.2, 0) is 4.79 Å². The second-order valence-corrected chi connectivity index (χ2v) is 5.94. The fourth-order valence-corrected chi connectivity index (χ4v) is 2.81. The quantitative estimate of drug-likeness (QED) is 0.907. The van der Waals surface area contributed by atoms with Crippen LogP contribution in [0.2, 0.25) is 5.02 Å². The fourth-order valence-electron chi connectivity index (χ4n) is 2.64. The first-order chi connectivity index (χ1) is 9.97. The van der Waals surface area contributed by atoms with Crippen LogP contribution in [0, 0.1) is 0 Å². The van der Waals surface area contributed by atoms with E-state index in [1.807, 2.05) is 26.8 Å². The average molecular weight is 311 g/mol. The van der Waals surface area contributed by atoms with E-state index in [0.29, 0.717) is 35.8 Å². The predicted molar refractivity (Wildman–Crippen MR) is 86.0 cm³/mol. The highest BCUT2D eigenvalue weighted by Crippen LogP contribution is 2.41. The van der Waals surface area contributed by atoms with Crippen molar-refractivity contribution in [3.8, 4) is 5.75 Å². The van der Waals surface area contributed by atoms with Gasteiger partial charge < -0.3 is 15.4 Å². The Labute approximate surface area is 131 Å². The van der Waals surface area contributed by atoms with E-state index < -0.39 is 5.60 Å². The van der Waals surface area contributed by atoms with E-state index in [1.165, 1.54) is 0 Å². The van der Waals surface area contributed by atoms with Gasteiger partial charge in [0.1, 0.15) is 5.75 Å². The number of fused-ring (bicyclic) bond motifs is 1. The van der Waals surface area contributed by atoms with Crippen molar-refractivity contribution in [2.24, 2.45) is 5.73 Å². The highest BCUT2D eigenvalue weighted by molar-refractivity contribution is 6.31. The van der Waals surface area contributed by atoms with Crippen LogP contribution in [0.25, 0.3) is 0 Å². The Kier molecular flexibility index (Phi) is 4.79. The SMILES string of the molecule is CCC(N)CN1C(=O)C(CC)(CC)Oc2ccc(Cl)cc21. The molecule has 1 aromatic rings. The number of carbonyl (C=O) groups is 1. The zero-order chi connectivity index (χ0) is 15.6. The molecule has 0 saturated heterocycles. The molecule has 1 aliphatic rings. The van der Waals surface area contributed by atoms with E-state index in [-0.39, 0.29) is 11.9 Å². The van der Waals surface area contributed by atoms with Crippen molar-refractivity contribution >= 4 is 23.2 Å². The lowest BCUT2D eigenvalue weighted by Crippen LogP contribution is -2.57. The number of rotatable bonds is 5. The predicted octanol–water partition coefficient (Wildman–Crippen LogP) is 3.36. The fraction of sp³-hybridized carbons (Fsp3) is 0.562. The lowest BCUT2D eigenvalue weighted by atomic mass is 9.92. The minimum absolute atomic E-state index is 0.0221. The van der Waals surface area contributed by atoms with E-state index in [1.54, 1.807) is 17.0 Å². The van der Waals surface area contributed by atoms with Crippen molar-refractivity contribution in [2.75, 3.05) is 11.4 Å². The summed E-state index contributed by atoms with van der Waals surface area (Å²) in [6.45, 7) is 6.44. The minimum Gasteiger partial charge on any atom is -0.475 e. The molecule has 0 radical (unpaired) electrons. The van der Waals surface area contributed by atoms with Crippen LogP contribution in [0.15, 0.2) is 18.2 Å². The van der Waals surface area contributed by atoms with Gasteiger partial charge in [-0.05, 0) is 37.5 Å². The first-order valence-corrected chi connectivity index (χ1v) is 7.91. The molecule has 116 valence electrons. The van der Waals surface area contributed by atoms with Crippen LogP contribution in [0.3, 0.4) is 0 Å². The van der Waals surface area contributed by atoms with Gasteiger partial charge in [-0.2, -0.15) is 0 Å². The summed E-state index contributed by atoms with van der Waals surface area (Å²) in [5, 5.41) is 0.584. The molecule has 1 heterocycles. The highest BCUT2D eigenvalue weighted by Gasteiger charge is 2.46. The summed E-state index contributed by atoms with van der Waals surface area (Å²) in [4.78, 5) is 14.7. The molecule has 0 aliphatic carbocycles. The Morgan fingerprint density at radius 2 is 2.00 bits per heavy atom. The molecule has 0 bridgehead atoms. The first kappa shape index (κ1) is 16.1. The summed E-state index contributed by atoms with van der Waals surface area (Å²) in [6.07, 6.45) is 2.07. The van der Waals surface area contributed by atoms with Crippen molar-refractivity contribution in [1.82, 2.24) is 0 Å². The topological polar surface area (TPSA) is 55.6 Å². The molecule has 1 aliphatic heterocycles. The van der Waals surface area contributed by atoms with Gasteiger partial charge in [-0.25, -0.2) is 0 Å². The van der Waals surface area contributed by atoms with E-state index in [2.05, 4.69) is 0 Å². The van der Waals surface area contributed by atoms with E-state index >= 15 is 0 Å². The maximum absolute atomic E-state index is 12.9. The number of halogens is 1. The largest absolute Gasteiger partial charge is 0.475 e. The molecular formula is C16H23ClN2O2. The number of nitrogens with two attached hydrogens (primary N) is 1. The third-order valence-corrected chi connectivity index (χ3v) is 4.47. The summed E-state index contributed by atoms with van der Waals surface area (Å²) in [6, 6.07) is 5.32. The van der Waals surface area contributed by atoms with Gasteiger partial charge >= 0.3 is 0 Å². The summed E-state index contributed by atoms with van der Waals surface area (Å²) >= 11 is 6.07. The molecule has 4 nitrogen and oxygen atoms in total. The van der Waals surface area contributed by atoms with Crippen LogP contribution >= 0.6 is 11.6 Å². The number of nitrogens with zero attached hydrogens (tertiary/aromatic N) is 1. The molecule has 2 rings (SSSR count). The maximum Gasteiger partial charge on any atom is 0.271 e. The number of amides is 1. The molecule has 0 spiro atoms. The molecule has 0 saturated carbocycles. The van der Waals surface area contributed by atoms with Crippen molar-refractivity contribution in [3.05, 3.63) is 23.2 Å². The standard InChI is InChI=1S/C16H23ClN2O2/c1-4-12(18)10-19-13-9-11(17)7-8-14(13)21-16(5-2,6-3)15(19)20/h7-9,12H,4-6,10,18H2,1-3H3. The van der Waals surface area contributed by atoms with E-state index in [4.69, 9.17) is 22.1 Å². The normalized spacial score (nSPS) is 18.1. The molecule has 21 heavy (non-hydrogen) atoms. The van der Waals surface area contributed by atoms with Gasteiger partial charge in [0.2, 0.25) is 0 Å². The number of benzene rings is 1. The Hall–Kier alpha value is -1.26. The Balaban J connectivity index is 2.49. The molecule has 1 aromatic carbocycles. The van der Waals surface area contributed by atoms with Crippen LogP contribution in [0.5, 0.6) is 5.75 Å². The van der Waals surface area contributed by atoms with E-state index in [9.17, 15) is 4.79 Å². The molecule has 2 N–H and O–H groups in total. The Morgan fingerprint density at radius 1 is 1.33 bits per heavy atom. The number of ether oxygens (including phenoxy) is 1. The number of hydrogen-bond donors (Lipinski definition) is 1. The zero-order valence-electron chi connectivity index (χ0n) is 12.9. The zero-order valence-corrected chi connectivity index (χ0v) is 13.6. The van der Waals surface area contributed by atoms with Crippen LogP contribution in [0.4, 0.5) is 5.69 Å². The third kappa shape index (κ3) is 2.87. The van der Waals surface area contributed by atoms with Gasteiger partial charge in [-0.1, -0.05) is 32.4 Å². The van der Waals surface area contributed by atoms with Gasteiger partial charge in [0, 0.05) is 17.6 Å². The number of carbonyl (C=O) groups excluding carboxylic acids is 1. The molecule has 5 heteroatoms. The average Bonchev–Trinajstić information content (AvgIpc) is 2.50. The summed E-state index contributed by atoms with van der Waals surface area (Å²) in [5.74, 6) is 0.678. The van der Waals surface area contributed by atoms with Gasteiger partial charge in [-0.3, -0.25) is 4.79 Å². The van der Waals surface area contributed by atoms with E-state index in [0.717, 1.165) is 6.42 Å². The van der Waals surface area contributed by atoms with Gasteiger partial charge in [-0.15, -0.1) is 0 Å². The summed E-state index contributed by atoms with van der Waals surface area (Å²) in [7, 11) is 0. The lowest BCUT2D eigenvalue weighted by Gasteiger charge is -2.42.